The van der Waals surface area contributed by atoms with Gasteiger partial charge in [-0.15, -0.1) is 0 Å². The largest absolute Gasteiger partial charge is 0.490 e. The Morgan fingerprint density at radius 3 is 2.76 bits per heavy atom. The van der Waals surface area contributed by atoms with Crippen LogP contribution in [0.25, 0.3) is 0 Å². The van der Waals surface area contributed by atoms with Gasteiger partial charge in [0.15, 0.2) is 0 Å². The van der Waals surface area contributed by atoms with Gasteiger partial charge in [-0.1, -0.05) is 43.7 Å². The van der Waals surface area contributed by atoms with Crippen LogP contribution >= 0.6 is 11.6 Å². The molecule has 12 heteroatoms. The van der Waals surface area contributed by atoms with Crippen LogP contribution in [0.5, 0.6) is 5.75 Å². The molecule has 0 aromatic heterocycles. The maximum Gasteiger partial charge on any atom is 0.264 e. The Balaban J connectivity index is 1.20. The van der Waals surface area contributed by atoms with Crippen molar-refractivity contribution in [3.8, 4) is 5.75 Å². The molecule has 2 bridgehead atoms. The maximum atomic E-state index is 13.7. The highest BCUT2D eigenvalue weighted by molar-refractivity contribution is 7.90. The first kappa shape index (κ1) is 39.2. The topological polar surface area (TPSA) is 101 Å². The molecule has 6 aliphatic rings. The van der Waals surface area contributed by atoms with E-state index in [1.165, 1.54) is 11.1 Å². The van der Waals surface area contributed by atoms with Gasteiger partial charge in [-0.05, 0) is 111 Å². The summed E-state index contributed by atoms with van der Waals surface area (Å²) in [7, 11) is -3.97. The van der Waals surface area contributed by atoms with Crippen molar-refractivity contribution in [3.63, 3.8) is 0 Å². The smallest absolute Gasteiger partial charge is 0.264 e. The minimum absolute atomic E-state index is 0.223. The van der Waals surface area contributed by atoms with Gasteiger partial charge < -0.3 is 19.1 Å². The van der Waals surface area contributed by atoms with Crippen molar-refractivity contribution in [2.24, 2.45) is 17.8 Å². The van der Waals surface area contributed by atoms with Crippen LogP contribution in [-0.4, -0.2) is 113 Å². The third-order valence-corrected chi connectivity index (χ3v) is 15.9. The first-order chi connectivity index (χ1) is 26.5. The quantitative estimate of drug-likeness (QED) is 0.362. The van der Waals surface area contributed by atoms with Crippen LogP contribution < -0.4 is 14.4 Å². The van der Waals surface area contributed by atoms with E-state index in [1.807, 2.05) is 25.1 Å². The number of piperazine rings is 1. The summed E-state index contributed by atoms with van der Waals surface area (Å²) in [6.07, 6.45) is 11.1. The zero-order valence-electron chi connectivity index (χ0n) is 32.8. The Morgan fingerprint density at radius 2 is 1.95 bits per heavy atom. The van der Waals surface area contributed by atoms with Crippen LogP contribution in [0, 0.1) is 17.8 Å². The Labute approximate surface area is 332 Å². The van der Waals surface area contributed by atoms with Gasteiger partial charge in [-0.3, -0.25) is 14.6 Å². The summed E-state index contributed by atoms with van der Waals surface area (Å²) in [5, 5.41) is -0.0321. The highest BCUT2D eigenvalue weighted by Gasteiger charge is 2.50. The number of benzene rings is 2. The predicted octanol–water partition coefficient (Wildman–Crippen LogP) is 6.07. The molecular weight excluding hydrogens is 736 g/mol. The Bertz CT molecular complexity index is 1880. The number of fused-ring (bicyclic) bond motifs is 5. The summed E-state index contributed by atoms with van der Waals surface area (Å²) >= 11 is 6.53. The van der Waals surface area contributed by atoms with E-state index in [9.17, 15) is 13.2 Å². The van der Waals surface area contributed by atoms with E-state index in [1.54, 1.807) is 13.0 Å². The second-order valence-corrected chi connectivity index (χ2v) is 19.8. The molecule has 1 saturated carbocycles. The average Bonchev–Trinajstić information content (AvgIpc) is 3.31. The first-order valence-electron chi connectivity index (χ1n) is 20.7. The number of morpholine rings is 1. The molecular formula is C43H59ClN4O6S. The minimum Gasteiger partial charge on any atom is -0.490 e. The van der Waals surface area contributed by atoms with E-state index in [2.05, 4.69) is 50.6 Å². The molecule has 1 N–H and O–H groups in total. The van der Waals surface area contributed by atoms with E-state index < -0.39 is 26.8 Å². The van der Waals surface area contributed by atoms with Gasteiger partial charge in [0.2, 0.25) is 10.0 Å². The number of carbonyl (C=O) groups excluding carboxylic acids is 1. The Kier molecular flexibility index (Phi) is 11.3. The van der Waals surface area contributed by atoms with Crippen molar-refractivity contribution in [3.05, 3.63) is 70.3 Å². The molecule has 2 saturated heterocycles. The number of carbonyl (C=O) groups is 1. The van der Waals surface area contributed by atoms with E-state index in [0.29, 0.717) is 37.2 Å². The number of aryl methyl sites for hydroxylation is 1. The van der Waals surface area contributed by atoms with E-state index >= 15 is 0 Å². The highest BCUT2D eigenvalue weighted by atomic mass is 35.5. The number of hydrogen-bond acceptors (Lipinski definition) is 9. The molecule has 1 amide bonds. The second-order valence-electron chi connectivity index (χ2n) is 17.3. The van der Waals surface area contributed by atoms with Crippen LogP contribution in [0.1, 0.15) is 80.8 Å². The van der Waals surface area contributed by atoms with E-state index in [-0.39, 0.29) is 17.3 Å². The SMILES string of the molecule is CCCO[C@@]1(CN2CCN3CCOC[C@@H]3C2)/C=C\C[C@H](C)[C@@H](C)S(=O)(=O)NC(=O)c2ccc3c(c2)N(C[C@@H]2CC[C@H]21)C[C@@]1(CCCc2cc(Cl)ccc21)CO3. The fourth-order valence-corrected chi connectivity index (χ4v) is 11.8. The standard InChI is InChI=1S/C43H59ClN4O6S/c1-4-20-54-43(28-46-17-18-47-19-21-52-26-36(47)25-46)16-5-7-30(2)31(3)55(50,51)45-41(49)33-10-14-40-39(23-33)48(24-34-9-12-38(34)43)27-42(29-53-40)15-6-8-32-22-35(44)11-13-37(32)42/h5,10-11,13-14,16,22-23,30-31,34,36,38H,4,6-9,12,15,17-21,24-29H2,1-3H3,(H,45,49)/b16-5-/t30-,31+,34-,36-,38+,42-,43+/m0/s1. The third-order valence-electron chi connectivity index (χ3n) is 13.8. The summed E-state index contributed by atoms with van der Waals surface area (Å²) in [5.74, 6) is 0.473. The van der Waals surface area contributed by atoms with E-state index in [0.717, 1.165) is 114 Å². The van der Waals surface area contributed by atoms with Crippen LogP contribution in [0.15, 0.2) is 48.6 Å². The number of amides is 1. The van der Waals surface area contributed by atoms with E-state index in [4.69, 9.17) is 25.8 Å². The molecule has 4 aliphatic heterocycles. The monoisotopic (exact) mass is 794 g/mol. The number of ether oxygens (including phenoxy) is 3. The van der Waals surface area contributed by atoms with Crippen molar-refractivity contribution >= 4 is 33.2 Å². The minimum atomic E-state index is -3.97. The molecule has 0 unspecified atom stereocenters. The zero-order valence-corrected chi connectivity index (χ0v) is 34.4. The number of allylic oxidation sites excluding steroid dienone is 1. The summed E-state index contributed by atoms with van der Waals surface area (Å²) in [6, 6.07) is 12.1. The van der Waals surface area contributed by atoms with Gasteiger partial charge in [0.25, 0.3) is 5.91 Å². The third kappa shape index (κ3) is 7.83. The molecule has 10 nitrogen and oxygen atoms in total. The van der Waals surface area contributed by atoms with Gasteiger partial charge in [-0.25, -0.2) is 13.1 Å². The summed E-state index contributed by atoms with van der Waals surface area (Å²) in [5.41, 5.74) is 2.90. The lowest BCUT2D eigenvalue weighted by Crippen LogP contribution is -2.63. The van der Waals surface area contributed by atoms with Crippen LogP contribution in [0.4, 0.5) is 5.69 Å². The fourth-order valence-electron chi connectivity index (χ4n) is 10.3. The molecule has 1 spiro atoms. The summed E-state index contributed by atoms with van der Waals surface area (Å²) in [6.45, 7) is 14.8. The van der Waals surface area contributed by atoms with Crippen molar-refractivity contribution in [2.75, 3.05) is 77.1 Å². The number of halogens is 1. The lowest BCUT2D eigenvalue weighted by molar-refractivity contribution is -0.124. The molecule has 4 heterocycles. The Morgan fingerprint density at radius 1 is 1.07 bits per heavy atom. The Hall–Kier alpha value is -2.67. The molecule has 3 fully saturated rings. The molecule has 0 radical (unpaired) electrons. The number of anilines is 1. The zero-order chi connectivity index (χ0) is 38.4. The van der Waals surface area contributed by atoms with Crippen LogP contribution in [0.2, 0.25) is 5.02 Å². The molecule has 55 heavy (non-hydrogen) atoms. The van der Waals surface area contributed by atoms with Gasteiger partial charge in [-0.2, -0.15) is 0 Å². The highest BCUT2D eigenvalue weighted by Crippen LogP contribution is 2.49. The van der Waals surface area contributed by atoms with Gasteiger partial charge in [0.05, 0.1) is 30.8 Å². The second kappa shape index (κ2) is 15.9. The van der Waals surface area contributed by atoms with Crippen LogP contribution in [0.3, 0.4) is 0 Å². The number of nitrogens with one attached hydrogen (secondary N) is 1. The molecule has 300 valence electrons. The fraction of sp³-hybridized carbons (Fsp3) is 0.651. The summed E-state index contributed by atoms with van der Waals surface area (Å²) < 4.78 is 49.7. The first-order valence-corrected chi connectivity index (χ1v) is 22.6. The normalized spacial score (nSPS) is 34.6. The number of nitrogens with zero attached hydrogens (tertiary/aromatic N) is 3. The van der Waals surface area contributed by atoms with Crippen molar-refractivity contribution in [2.45, 2.75) is 88.0 Å². The lowest BCUT2D eigenvalue weighted by atomic mass is 9.63. The molecule has 7 atom stereocenters. The van der Waals surface area contributed by atoms with Crippen molar-refractivity contribution in [1.29, 1.82) is 0 Å². The molecule has 2 aliphatic carbocycles. The van der Waals surface area contributed by atoms with Crippen molar-refractivity contribution < 1.29 is 27.4 Å². The van der Waals surface area contributed by atoms with Crippen molar-refractivity contribution in [1.82, 2.24) is 14.5 Å². The molecule has 2 aromatic rings. The number of rotatable bonds is 5. The number of hydrogen-bond donors (Lipinski definition) is 1. The van der Waals surface area contributed by atoms with Gasteiger partial charge in [0.1, 0.15) is 11.4 Å². The predicted molar refractivity (Wildman–Crippen MR) is 217 cm³/mol. The maximum absolute atomic E-state index is 13.7. The molecule has 2 aromatic carbocycles. The average molecular weight is 795 g/mol. The van der Waals surface area contributed by atoms with Gasteiger partial charge >= 0.3 is 0 Å². The summed E-state index contributed by atoms with van der Waals surface area (Å²) in [4.78, 5) is 21.3. The molecule has 8 rings (SSSR count). The number of sulfonamides is 1. The lowest BCUT2D eigenvalue weighted by Gasteiger charge is -2.53. The van der Waals surface area contributed by atoms with Crippen LogP contribution in [-0.2, 0) is 31.3 Å². The van der Waals surface area contributed by atoms with Gasteiger partial charge in [0, 0.05) is 74.5 Å².